The van der Waals surface area contributed by atoms with Gasteiger partial charge in [-0.15, -0.1) is 0 Å². The summed E-state index contributed by atoms with van der Waals surface area (Å²) >= 11 is 0. The molecule has 0 atom stereocenters. The van der Waals surface area contributed by atoms with Crippen LogP contribution in [-0.2, 0) is 9.59 Å². The number of nitrogens with one attached hydrogen (secondary N) is 2. The van der Waals surface area contributed by atoms with Crippen LogP contribution in [0.1, 0.15) is 74.3 Å². The third-order valence-electron chi connectivity index (χ3n) is 7.13. The van der Waals surface area contributed by atoms with Crippen molar-refractivity contribution in [3.05, 3.63) is 59.7 Å². The molecule has 1 heterocycles. The summed E-state index contributed by atoms with van der Waals surface area (Å²) in [5.41, 5.74) is 1.73. The molecule has 7 nitrogen and oxygen atoms in total. The van der Waals surface area contributed by atoms with Crippen molar-refractivity contribution in [1.82, 2.24) is 10.6 Å². The maximum absolute atomic E-state index is 11.8. The first-order valence-electron chi connectivity index (χ1n) is 11.6. The molecule has 174 valence electrons. The number of carbonyl (C=O) groups is 3. The Bertz CT molecular complexity index is 998. The molecular weight excluding hydrogens is 420 g/mol. The highest BCUT2D eigenvalue weighted by Gasteiger charge is 2.48. The van der Waals surface area contributed by atoms with Crippen molar-refractivity contribution in [1.29, 1.82) is 0 Å². The van der Waals surface area contributed by atoms with Gasteiger partial charge in [-0.25, -0.2) is 4.79 Å². The van der Waals surface area contributed by atoms with Crippen LogP contribution in [0.5, 0.6) is 11.5 Å². The maximum atomic E-state index is 11.8. The molecule has 2 aromatic carbocycles. The minimum Gasteiger partial charge on any atom is -0.508 e. The van der Waals surface area contributed by atoms with Gasteiger partial charge in [0, 0.05) is 12.8 Å². The average Bonchev–Trinajstić information content (AvgIpc) is 3.09. The van der Waals surface area contributed by atoms with Crippen molar-refractivity contribution in [2.45, 2.75) is 68.7 Å². The van der Waals surface area contributed by atoms with Gasteiger partial charge in [-0.05, 0) is 85.8 Å². The predicted octanol–water partition coefficient (Wildman–Crippen LogP) is 4.25. The minimum atomic E-state index is -0.690. The fourth-order valence-corrected chi connectivity index (χ4v) is 5.09. The third-order valence-corrected chi connectivity index (χ3v) is 7.13. The van der Waals surface area contributed by atoms with Crippen molar-refractivity contribution in [3.8, 4) is 11.5 Å². The summed E-state index contributed by atoms with van der Waals surface area (Å²) < 4.78 is 0. The normalized spacial score (nSPS) is 25.2. The Morgan fingerprint density at radius 3 is 1.58 bits per heavy atom. The Hall–Kier alpha value is -3.35. The largest absolute Gasteiger partial charge is 0.508 e. The first kappa shape index (κ1) is 22.8. The number of benzene rings is 2. The van der Waals surface area contributed by atoms with Gasteiger partial charge in [-0.3, -0.25) is 14.9 Å². The van der Waals surface area contributed by atoms with Gasteiger partial charge in [0.05, 0.1) is 0 Å². The van der Waals surface area contributed by atoms with Gasteiger partial charge in [0.2, 0.25) is 0 Å². The number of hydrogen-bond acceptors (Lipinski definition) is 5. The highest BCUT2D eigenvalue weighted by Crippen LogP contribution is 2.39. The highest BCUT2D eigenvalue weighted by atomic mass is 16.3. The molecular formula is C26H30N2O5. The Kier molecular flexibility index (Phi) is 6.67. The van der Waals surface area contributed by atoms with Crippen LogP contribution < -0.4 is 10.6 Å². The lowest BCUT2D eigenvalue weighted by molar-refractivity contribution is -0.125. The molecule has 7 heteroatoms. The molecule has 1 spiro atoms. The van der Waals surface area contributed by atoms with E-state index < -0.39 is 5.54 Å². The van der Waals surface area contributed by atoms with Gasteiger partial charge in [-0.2, -0.15) is 0 Å². The zero-order valence-corrected chi connectivity index (χ0v) is 18.5. The number of phenolic OH excluding ortho intramolecular Hbond substituents is 2. The summed E-state index contributed by atoms with van der Waals surface area (Å²) in [6.07, 6.45) is 6.40. The second-order valence-electron chi connectivity index (χ2n) is 9.26. The molecule has 4 N–H and O–H groups in total. The van der Waals surface area contributed by atoms with E-state index in [2.05, 4.69) is 10.6 Å². The lowest BCUT2D eigenvalue weighted by Gasteiger charge is -2.34. The second-order valence-corrected chi connectivity index (χ2v) is 9.26. The number of Topliss-reactive ketones (excluding diaryl/α,β-unsaturated/α-hetero) is 1. The molecule has 33 heavy (non-hydrogen) atoms. The van der Waals surface area contributed by atoms with Crippen molar-refractivity contribution in [3.63, 3.8) is 0 Å². The molecule has 3 amide bonds. The SMILES string of the molecule is O=C1CCC(c2ccc(O)cc2)CC1.O=C1NC(=O)C2(CCC(c3ccc(O)cc3)CC2)N1. The Balaban J connectivity index is 0.000000165. The van der Waals surface area contributed by atoms with E-state index in [0.717, 1.165) is 25.7 Å². The maximum Gasteiger partial charge on any atom is 0.322 e. The van der Waals surface area contributed by atoms with Crippen LogP contribution in [0.15, 0.2) is 48.5 Å². The number of rotatable bonds is 2. The molecule has 3 fully saturated rings. The lowest BCUT2D eigenvalue weighted by Crippen LogP contribution is -2.49. The Morgan fingerprint density at radius 1 is 0.697 bits per heavy atom. The zero-order chi connectivity index (χ0) is 23.4. The number of carbonyl (C=O) groups excluding carboxylic acids is 3. The summed E-state index contributed by atoms with van der Waals surface area (Å²) in [6.45, 7) is 0. The first-order chi connectivity index (χ1) is 15.8. The van der Waals surface area contributed by atoms with Gasteiger partial charge in [0.1, 0.15) is 22.8 Å². The first-order valence-corrected chi connectivity index (χ1v) is 11.6. The fourth-order valence-electron chi connectivity index (χ4n) is 5.09. The lowest BCUT2D eigenvalue weighted by atomic mass is 9.74. The highest BCUT2D eigenvalue weighted by molar-refractivity contribution is 6.07. The molecule has 2 saturated carbocycles. The topological polar surface area (TPSA) is 116 Å². The molecule has 1 saturated heterocycles. The van der Waals surface area contributed by atoms with Crippen LogP contribution in [0.4, 0.5) is 4.79 Å². The van der Waals surface area contributed by atoms with Crippen LogP contribution in [-0.4, -0.2) is 33.5 Å². The Labute approximate surface area is 193 Å². The van der Waals surface area contributed by atoms with E-state index in [4.69, 9.17) is 5.11 Å². The second kappa shape index (κ2) is 9.65. The molecule has 2 aromatic rings. The van der Waals surface area contributed by atoms with Crippen LogP contribution >= 0.6 is 0 Å². The molecule has 0 aromatic heterocycles. The van der Waals surface area contributed by atoms with Gasteiger partial charge >= 0.3 is 6.03 Å². The number of amides is 3. The van der Waals surface area contributed by atoms with Crippen molar-refractivity contribution in [2.24, 2.45) is 0 Å². The van der Waals surface area contributed by atoms with E-state index in [1.807, 2.05) is 24.3 Å². The van der Waals surface area contributed by atoms with E-state index in [1.165, 1.54) is 11.1 Å². The smallest absolute Gasteiger partial charge is 0.322 e. The van der Waals surface area contributed by atoms with E-state index >= 15 is 0 Å². The number of urea groups is 1. The van der Waals surface area contributed by atoms with Gasteiger partial charge in [0.25, 0.3) is 5.91 Å². The van der Waals surface area contributed by atoms with Crippen LogP contribution in [0.3, 0.4) is 0 Å². The molecule has 5 rings (SSSR count). The van der Waals surface area contributed by atoms with E-state index in [-0.39, 0.29) is 17.7 Å². The fraction of sp³-hybridized carbons (Fsp3) is 0.423. The van der Waals surface area contributed by atoms with Gasteiger partial charge in [-0.1, -0.05) is 24.3 Å². The van der Waals surface area contributed by atoms with E-state index in [9.17, 15) is 19.5 Å². The summed E-state index contributed by atoms with van der Waals surface area (Å²) in [4.78, 5) is 34.1. The van der Waals surface area contributed by atoms with Crippen molar-refractivity contribution >= 4 is 17.7 Å². The number of phenols is 2. The van der Waals surface area contributed by atoms with E-state index in [1.54, 1.807) is 24.3 Å². The predicted molar refractivity (Wildman–Crippen MR) is 123 cm³/mol. The van der Waals surface area contributed by atoms with Crippen LogP contribution in [0.25, 0.3) is 0 Å². The van der Waals surface area contributed by atoms with Crippen LogP contribution in [0, 0.1) is 0 Å². The van der Waals surface area contributed by atoms with Gasteiger partial charge in [0.15, 0.2) is 0 Å². The van der Waals surface area contributed by atoms with Crippen LogP contribution in [0.2, 0.25) is 0 Å². The standard InChI is InChI=1S/C14H16N2O3.C12H14O2/c17-11-3-1-9(2-4-11)10-5-7-14(8-6-10)12(18)15-13(19)16-14;13-11-5-1-9(2-6-11)10-3-7-12(14)8-4-10/h1-4,10,17H,5-8H2,(H2,15,16,18,19);1-2,5-6,10,13H,3-4,7-8H2. The number of aromatic hydroxyl groups is 2. The quantitative estimate of drug-likeness (QED) is 0.511. The summed E-state index contributed by atoms with van der Waals surface area (Å²) in [7, 11) is 0. The summed E-state index contributed by atoms with van der Waals surface area (Å²) in [6, 6.07) is 14.2. The Morgan fingerprint density at radius 2 is 1.15 bits per heavy atom. The monoisotopic (exact) mass is 450 g/mol. The number of imide groups is 1. The van der Waals surface area contributed by atoms with Crippen molar-refractivity contribution < 1.29 is 24.6 Å². The third kappa shape index (κ3) is 5.35. The molecule has 0 unspecified atom stereocenters. The zero-order valence-electron chi connectivity index (χ0n) is 18.5. The van der Waals surface area contributed by atoms with E-state index in [0.29, 0.717) is 49.1 Å². The average molecular weight is 451 g/mol. The van der Waals surface area contributed by atoms with Crippen molar-refractivity contribution in [2.75, 3.05) is 0 Å². The molecule has 1 aliphatic heterocycles. The number of hydrogen-bond donors (Lipinski definition) is 4. The summed E-state index contributed by atoms with van der Waals surface area (Å²) in [5, 5.41) is 23.5. The summed E-state index contributed by atoms with van der Waals surface area (Å²) in [5.74, 6) is 1.66. The number of ketones is 1. The van der Waals surface area contributed by atoms with Gasteiger partial charge < -0.3 is 15.5 Å². The molecule has 0 radical (unpaired) electrons. The molecule has 2 aliphatic carbocycles. The minimum absolute atomic E-state index is 0.193. The molecule has 3 aliphatic rings. The molecule has 0 bridgehead atoms.